The van der Waals surface area contributed by atoms with Crippen molar-refractivity contribution in [3.63, 3.8) is 0 Å². The summed E-state index contributed by atoms with van der Waals surface area (Å²) in [6.07, 6.45) is 9.70. The third kappa shape index (κ3) is 4.74. The van der Waals surface area contributed by atoms with Crippen LogP contribution in [0.5, 0.6) is 0 Å². The van der Waals surface area contributed by atoms with Crippen molar-refractivity contribution in [3.8, 4) is 0 Å². The number of hydrogen-bond donors (Lipinski definition) is 1. The minimum Gasteiger partial charge on any atom is -0.393 e. The van der Waals surface area contributed by atoms with Crippen LogP contribution in [0.4, 0.5) is 0 Å². The van der Waals surface area contributed by atoms with E-state index in [4.69, 9.17) is 0 Å². The highest BCUT2D eigenvalue weighted by atomic mass is 79.9. The van der Waals surface area contributed by atoms with Gasteiger partial charge in [0.15, 0.2) is 0 Å². The number of rotatable bonds is 4. The zero-order chi connectivity index (χ0) is 12.8. The van der Waals surface area contributed by atoms with E-state index < -0.39 is 0 Å². The second-order valence-corrected chi connectivity index (χ2v) is 6.50. The molecule has 1 aliphatic rings. The van der Waals surface area contributed by atoms with Crippen molar-refractivity contribution in [1.82, 2.24) is 0 Å². The van der Waals surface area contributed by atoms with E-state index >= 15 is 0 Å². The van der Waals surface area contributed by atoms with Crippen LogP contribution in [0.25, 0.3) is 0 Å². The summed E-state index contributed by atoms with van der Waals surface area (Å²) in [6, 6.07) is 8.27. The Morgan fingerprint density at radius 1 is 1.17 bits per heavy atom. The number of aliphatic hydroxyl groups excluding tert-OH is 1. The van der Waals surface area contributed by atoms with Crippen molar-refractivity contribution >= 4 is 15.9 Å². The van der Waals surface area contributed by atoms with E-state index in [9.17, 15) is 5.11 Å². The molecule has 0 heterocycles. The van der Waals surface area contributed by atoms with Crippen molar-refractivity contribution in [2.75, 3.05) is 0 Å². The lowest BCUT2D eigenvalue weighted by molar-refractivity contribution is 0.137. The first-order chi connectivity index (χ1) is 8.74. The van der Waals surface area contributed by atoms with Crippen LogP contribution in [0.3, 0.4) is 0 Å². The average molecular weight is 311 g/mol. The molecule has 2 heteroatoms. The van der Waals surface area contributed by atoms with Gasteiger partial charge in [-0.2, -0.15) is 0 Å². The molecule has 18 heavy (non-hydrogen) atoms. The highest BCUT2D eigenvalue weighted by Crippen LogP contribution is 2.27. The zero-order valence-electron chi connectivity index (χ0n) is 10.9. The van der Waals surface area contributed by atoms with Gasteiger partial charge in [-0.15, -0.1) is 0 Å². The first kappa shape index (κ1) is 14.1. The Hall–Kier alpha value is -0.340. The van der Waals surface area contributed by atoms with E-state index in [1.807, 2.05) is 12.1 Å². The SMILES string of the molecule is OC(Cc1cccc(Br)c1)CC1CCCCCC1. The van der Waals surface area contributed by atoms with Crippen molar-refractivity contribution in [1.29, 1.82) is 0 Å². The molecule has 1 aromatic rings. The van der Waals surface area contributed by atoms with Gasteiger partial charge in [0.05, 0.1) is 6.10 Å². The molecule has 1 unspecified atom stereocenters. The maximum atomic E-state index is 10.2. The summed E-state index contributed by atoms with van der Waals surface area (Å²) >= 11 is 3.48. The van der Waals surface area contributed by atoms with Gasteiger partial charge in [-0.05, 0) is 36.5 Å². The van der Waals surface area contributed by atoms with Gasteiger partial charge in [-0.25, -0.2) is 0 Å². The molecule has 1 nitrogen and oxygen atoms in total. The predicted octanol–water partition coefficient (Wildman–Crippen LogP) is 4.71. The fourth-order valence-corrected chi connectivity index (χ4v) is 3.45. The average Bonchev–Trinajstić information content (AvgIpc) is 2.57. The summed E-state index contributed by atoms with van der Waals surface area (Å²) in [7, 11) is 0. The molecule has 1 fully saturated rings. The molecule has 100 valence electrons. The Morgan fingerprint density at radius 3 is 2.56 bits per heavy atom. The molecule has 1 atom stereocenters. The summed E-state index contributed by atoms with van der Waals surface area (Å²) < 4.78 is 1.10. The first-order valence-corrected chi connectivity index (χ1v) is 7.96. The third-order valence-electron chi connectivity index (χ3n) is 3.94. The Bertz CT molecular complexity index is 356. The maximum Gasteiger partial charge on any atom is 0.0583 e. The lowest BCUT2D eigenvalue weighted by atomic mass is 9.91. The number of hydrogen-bond acceptors (Lipinski definition) is 1. The van der Waals surface area contributed by atoms with Gasteiger partial charge in [0.25, 0.3) is 0 Å². The van der Waals surface area contributed by atoms with E-state index in [1.165, 1.54) is 44.1 Å². The lowest BCUT2D eigenvalue weighted by Gasteiger charge is -2.18. The van der Waals surface area contributed by atoms with E-state index in [1.54, 1.807) is 0 Å². The van der Waals surface area contributed by atoms with E-state index in [-0.39, 0.29) is 6.10 Å². The Kier molecular flexibility index (Phi) is 5.71. The summed E-state index contributed by atoms with van der Waals surface area (Å²) in [4.78, 5) is 0. The van der Waals surface area contributed by atoms with Gasteiger partial charge in [0.2, 0.25) is 0 Å². The first-order valence-electron chi connectivity index (χ1n) is 7.16. The van der Waals surface area contributed by atoms with Gasteiger partial charge < -0.3 is 5.11 Å². The molecule has 0 aromatic heterocycles. The molecule has 1 aliphatic carbocycles. The van der Waals surface area contributed by atoms with Crippen LogP contribution < -0.4 is 0 Å². The summed E-state index contributed by atoms with van der Waals surface area (Å²) in [5, 5.41) is 10.2. The van der Waals surface area contributed by atoms with Crippen LogP contribution in [0.1, 0.15) is 50.5 Å². The van der Waals surface area contributed by atoms with Crippen molar-refractivity contribution in [3.05, 3.63) is 34.3 Å². The van der Waals surface area contributed by atoms with Gasteiger partial charge in [0.1, 0.15) is 0 Å². The second-order valence-electron chi connectivity index (χ2n) is 5.58. The smallest absolute Gasteiger partial charge is 0.0583 e. The summed E-state index contributed by atoms with van der Waals surface area (Å²) in [6.45, 7) is 0. The molecule has 0 spiro atoms. The van der Waals surface area contributed by atoms with Gasteiger partial charge in [-0.1, -0.05) is 66.6 Å². The van der Waals surface area contributed by atoms with Crippen LogP contribution >= 0.6 is 15.9 Å². The second kappa shape index (κ2) is 7.30. The fourth-order valence-electron chi connectivity index (χ4n) is 3.00. The fraction of sp³-hybridized carbons (Fsp3) is 0.625. The zero-order valence-corrected chi connectivity index (χ0v) is 12.5. The van der Waals surface area contributed by atoms with Crippen molar-refractivity contribution in [2.45, 2.75) is 57.5 Å². The molecule has 0 aliphatic heterocycles. The summed E-state index contributed by atoms with van der Waals surface area (Å²) in [5.41, 5.74) is 1.23. The molecule has 0 saturated heterocycles. The van der Waals surface area contributed by atoms with Gasteiger partial charge >= 0.3 is 0 Å². The molecule has 0 radical (unpaired) electrons. The Morgan fingerprint density at radius 2 is 1.89 bits per heavy atom. The largest absolute Gasteiger partial charge is 0.393 e. The number of benzene rings is 1. The van der Waals surface area contributed by atoms with Crippen molar-refractivity contribution in [2.24, 2.45) is 5.92 Å². The minimum atomic E-state index is -0.178. The number of aliphatic hydroxyl groups is 1. The standard InChI is InChI=1S/C16H23BrO/c17-15-9-5-8-14(10-15)12-16(18)11-13-6-3-1-2-4-7-13/h5,8-10,13,16,18H,1-4,6-7,11-12H2. The van der Waals surface area contributed by atoms with Gasteiger partial charge in [0, 0.05) is 4.47 Å². The van der Waals surface area contributed by atoms with Crippen LogP contribution in [-0.4, -0.2) is 11.2 Å². The Balaban J connectivity index is 1.82. The van der Waals surface area contributed by atoms with E-state index in [2.05, 4.69) is 28.1 Å². The van der Waals surface area contributed by atoms with E-state index in [0.717, 1.165) is 23.2 Å². The molecule has 1 aromatic carbocycles. The Labute approximate surface area is 119 Å². The van der Waals surface area contributed by atoms with Crippen LogP contribution in [0.15, 0.2) is 28.7 Å². The normalized spacial score (nSPS) is 19.4. The van der Waals surface area contributed by atoms with Crippen LogP contribution in [-0.2, 0) is 6.42 Å². The number of halogens is 1. The topological polar surface area (TPSA) is 20.2 Å². The maximum absolute atomic E-state index is 10.2. The van der Waals surface area contributed by atoms with Crippen LogP contribution in [0.2, 0.25) is 0 Å². The highest BCUT2D eigenvalue weighted by molar-refractivity contribution is 9.10. The molecular weight excluding hydrogens is 288 g/mol. The minimum absolute atomic E-state index is 0.178. The monoisotopic (exact) mass is 310 g/mol. The molecular formula is C16H23BrO. The summed E-state index contributed by atoms with van der Waals surface area (Å²) in [5.74, 6) is 0.745. The highest BCUT2D eigenvalue weighted by Gasteiger charge is 2.16. The molecule has 1 N–H and O–H groups in total. The molecule has 1 saturated carbocycles. The van der Waals surface area contributed by atoms with Gasteiger partial charge in [-0.3, -0.25) is 0 Å². The molecule has 0 amide bonds. The quantitative estimate of drug-likeness (QED) is 0.798. The lowest BCUT2D eigenvalue weighted by Crippen LogP contribution is -2.16. The van der Waals surface area contributed by atoms with Crippen molar-refractivity contribution < 1.29 is 5.11 Å². The van der Waals surface area contributed by atoms with Crippen LogP contribution in [0, 0.1) is 5.92 Å². The van der Waals surface area contributed by atoms with E-state index in [0.29, 0.717) is 0 Å². The molecule has 0 bridgehead atoms. The predicted molar refractivity (Wildman–Crippen MR) is 79.7 cm³/mol. The molecule has 2 rings (SSSR count). The third-order valence-corrected chi connectivity index (χ3v) is 4.43.